The number of hydrogen-bond donors (Lipinski definition) is 2. The highest BCUT2D eigenvalue weighted by Gasteiger charge is 2.21. The lowest BCUT2D eigenvalue weighted by Crippen LogP contribution is -2.36. The van der Waals surface area contributed by atoms with Crippen molar-refractivity contribution >= 4 is 21.9 Å². The summed E-state index contributed by atoms with van der Waals surface area (Å²) in [5.41, 5.74) is 0.849. The summed E-state index contributed by atoms with van der Waals surface area (Å²) in [7, 11) is -0.369. The number of urea groups is 1. The van der Waals surface area contributed by atoms with Crippen molar-refractivity contribution in [1.82, 2.24) is 19.4 Å². The largest absolute Gasteiger partial charge is 0.337 e. The average molecular weight is 343 g/mol. The summed E-state index contributed by atoms with van der Waals surface area (Å²) < 4.78 is 26.3. The van der Waals surface area contributed by atoms with Crippen LogP contribution in [0.25, 0.3) is 0 Å². The van der Waals surface area contributed by atoms with Crippen molar-refractivity contribution < 1.29 is 13.2 Å². The van der Waals surface area contributed by atoms with Crippen molar-refractivity contribution in [2.45, 2.75) is 38.6 Å². The van der Waals surface area contributed by atoms with E-state index in [4.69, 9.17) is 0 Å². The molecule has 8 nitrogen and oxygen atoms in total. The molecule has 0 radical (unpaired) electrons. The summed E-state index contributed by atoms with van der Waals surface area (Å²) in [6, 6.07) is 1.74. The molecule has 0 unspecified atom stereocenters. The van der Waals surface area contributed by atoms with E-state index >= 15 is 0 Å². The van der Waals surface area contributed by atoms with Crippen molar-refractivity contribution in [3.63, 3.8) is 0 Å². The third-order valence-corrected chi connectivity index (χ3v) is 5.80. The second-order valence-corrected chi connectivity index (χ2v) is 8.34. The molecule has 0 saturated heterocycles. The van der Waals surface area contributed by atoms with Crippen LogP contribution in [0.15, 0.2) is 6.07 Å². The predicted octanol–water partition coefficient (Wildman–Crippen LogP) is 1.32. The normalized spacial score (nSPS) is 16.0. The zero-order valence-corrected chi connectivity index (χ0v) is 14.7. The molecule has 1 aliphatic rings. The first kappa shape index (κ1) is 17.7. The minimum atomic E-state index is -3.31. The van der Waals surface area contributed by atoms with Gasteiger partial charge in [0.15, 0.2) is 0 Å². The van der Waals surface area contributed by atoms with Gasteiger partial charge in [0.1, 0.15) is 5.82 Å². The SMILES string of the molecule is Cc1cc(NC(=O)NCCS(=O)(=O)N(C)C)n(C2CCCC2)n1. The zero-order valence-electron chi connectivity index (χ0n) is 13.9. The maximum Gasteiger partial charge on any atom is 0.320 e. The van der Waals surface area contributed by atoms with Crippen molar-refractivity contribution in [2.75, 3.05) is 31.7 Å². The minimum Gasteiger partial charge on any atom is -0.337 e. The Kier molecular flexibility index (Phi) is 5.64. The van der Waals surface area contributed by atoms with Gasteiger partial charge in [-0.3, -0.25) is 5.32 Å². The van der Waals surface area contributed by atoms with Gasteiger partial charge in [0.05, 0.1) is 17.5 Å². The lowest BCUT2D eigenvalue weighted by molar-refractivity contribution is 0.252. The highest BCUT2D eigenvalue weighted by molar-refractivity contribution is 7.89. The van der Waals surface area contributed by atoms with Crippen LogP contribution in [0.1, 0.15) is 37.4 Å². The standard InChI is InChI=1S/C14H25N5O3S/c1-11-10-13(19(17-11)12-6-4-5-7-12)16-14(20)15-8-9-23(21,22)18(2)3/h10,12H,4-9H2,1-3H3,(H2,15,16,20). The fraction of sp³-hybridized carbons (Fsp3) is 0.714. The molecule has 0 bridgehead atoms. The van der Waals surface area contributed by atoms with Crippen LogP contribution in [-0.2, 0) is 10.0 Å². The van der Waals surface area contributed by atoms with E-state index in [9.17, 15) is 13.2 Å². The molecular weight excluding hydrogens is 318 g/mol. The third-order valence-electron chi connectivity index (χ3n) is 3.97. The van der Waals surface area contributed by atoms with Crippen LogP contribution in [-0.4, -0.2) is 54.9 Å². The maximum absolute atomic E-state index is 12.0. The van der Waals surface area contributed by atoms with Gasteiger partial charge in [-0.25, -0.2) is 22.2 Å². The van der Waals surface area contributed by atoms with Crippen molar-refractivity contribution in [3.8, 4) is 0 Å². The zero-order chi connectivity index (χ0) is 17.0. The van der Waals surface area contributed by atoms with Crippen LogP contribution < -0.4 is 10.6 Å². The van der Waals surface area contributed by atoms with E-state index in [1.54, 1.807) is 0 Å². The smallest absolute Gasteiger partial charge is 0.320 e. The van der Waals surface area contributed by atoms with E-state index < -0.39 is 16.1 Å². The van der Waals surface area contributed by atoms with Gasteiger partial charge >= 0.3 is 6.03 Å². The van der Waals surface area contributed by atoms with Gasteiger partial charge in [0, 0.05) is 26.7 Å². The summed E-state index contributed by atoms with van der Waals surface area (Å²) in [4.78, 5) is 12.0. The first-order chi connectivity index (χ1) is 10.8. The molecule has 1 heterocycles. The second-order valence-electron chi connectivity index (χ2n) is 6.03. The number of rotatable bonds is 6. The van der Waals surface area contributed by atoms with Crippen molar-refractivity contribution in [3.05, 3.63) is 11.8 Å². The Hall–Kier alpha value is -1.61. The average Bonchev–Trinajstić information content (AvgIpc) is 3.07. The fourth-order valence-electron chi connectivity index (χ4n) is 2.67. The van der Waals surface area contributed by atoms with E-state index in [2.05, 4.69) is 15.7 Å². The molecule has 2 rings (SSSR count). The van der Waals surface area contributed by atoms with E-state index in [0.29, 0.717) is 11.9 Å². The summed E-state index contributed by atoms with van der Waals surface area (Å²) in [5, 5.41) is 9.80. The minimum absolute atomic E-state index is 0.0584. The first-order valence-corrected chi connectivity index (χ1v) is 9.42. The molecule has 23 heavy (non-hydrogen) atoms. The molecule has 1 aromatic heterocycles. The van der Waals surface area contributed by atoms with Gasteiger partial charge in [-0.05, 0) is 19.8 Å². The van der Waals surface area contributed by atoms with Crippen molar-refractivity contribution in [1.29, 1.82) is 0 Å². The highest BCUT2D eigenvalue weighted by atomic mass is 32.2. The quantitative estimate of drug-likeness (QED) is 0.814. The van der Waals surface area contributed by atoms with Gasteiger partial charge in [0.25, 0.3) is 0 Å². The van der Waals surface area contributed by atoms with Crippen LogP contribution in [0.2, 0.25) is 0 Å². The Morgan fingerprint density at radius 3 is 2.65 bits per heavy atom. The summed E-state index contributed by atoms with van der Waals surface area (Å²) in [6.45, 7) is 1.95. The number of nitrogens with zero attached hydrogens (tertiary/aromatic N) is 3. The number of aryl methyl sites for hydroxylation is 1. The number of amides is 2. The van der Waals surface area contributed by atoms with Crippen molar-refractivity contribution in [2.24, 2.45) is 0 Å². The van der Waals surface area contributed by atoms with Gasteiger partial charge < -0.3 is 5.32 Å². The Morgan fingerprint density at radius 2 is 2.04 bits per heavy atom. The lowest BCUT2D eigenvalue weighted by Gasteiger charge is -2.15. The van der Waals surface area contributed by atoms with Gasteiger partial charge in [-0.1, -0.05) is 12.8 Å². The number of nitrogens with one attached hydrogen (secondary N) is 2. The van der Waals surface area contributed by atoms with E-state index in [0.717, 1.165) is 22.8 Å². The fourth-order valence-corrected chi connectivity index (χ4v) is 3.40. The van der Waals surface area contributed by atoms with Gasteiger partial charge in [-0.15, -0.1) is 0 Å². The number of hydrogen-bond acceptors (Lipinski definition) is 4. The molecule has 2 N–H and O–H groups in total. The summed E-state index contributed by atoms with van der Waals surface area (Å²) >= 11 is 0. The third kappa shape index (κ3) is 4.68. The molecule has 0 aromatic carbocycles. The van der Waals surface area contributed by atoms with Crippen LogP contribution >= 0.6 is 0 Å². The molecule has 1 aromatic rings. The molecular formula is C14H25N5O3S. The number of carbonyl (C=O) groups excluding carboxylic acids is 1. The molecule has 9 heteroatoms. The van der Waals surface area contributed by atoms with Crippen LogP contribution in [0.3, 0.4) is 0 Å². The molecule has 2 amide bonds. The lowest BCUT2D eigenvalue weighted by atomic mass is 10.2. The van der Waals surface area contributed by atoms with E-state index in [-0.39, 0.29) is 12.3 Å². The molecule has 0 atom stereocenters. The predicted molar refractivity (Wildman–Crippen MR) is 89.0 cm³/mol. The van der Waals surface area contributed by atoms with E-state index in [1.807, 2.05) is 17.7 Å². The number of aromatic nitrogens is 2. The number of carbonyl (C=O) groups is 1. The van der Waals surface area contributed by atoms with Gasteiger partial charge in [0.2, 0.25) is 10.0 Å². The highest BCUT2D eigenvalue weighted by Crippen LogP contribution is 2.31. The van der Waals surface area contributed by atoms with Crippen LogP contribution in [0, 0.1) is 6.92 Å². The molecule has 0 spiro atoms. The molecule has 1 aliphatic carbocycles. The molecule has 130 valence electrons. The monoisotopic (exact) mass is 343 g/mol. The van der Waals surface area contributed by atoms with Gasteiger partial charge in [-0.2, -0.15) is 5.10 Å². The summed E-state index contributed by atoms with van der Waals surface area (Å²) in [6.07, 6.45) is 4.49. The Bertz CT molecular complexity index is 647. The topological polar surface area (TPSA) is 96.3 Å². The van der Waals surface area contributed by atoms with Crippen LogP contribution in [0.4, 0.5) is 10.6 Å². The van der Waals surface area contributed by atoms with E-state index in [1.165, 1.54) is 26.9 Å². The Morgan fingerprint density at radius 1 is 1.39 bits per heavy atom. The number of anilines is 1. The molecule has 1 saturated carbocycles. The van der Waals surface area contributed by atoms with Crippen LogP contribution in [0.5, 0.6) is 0 Å². The molecule has 1 fully saturated rings. The Labute approximate surface area is 137 Å². The maximum atomic E-state index is 12.0. The second kappa shape index (κ2) is 7.31. The molecule has 0 aliphatic heterocycles. The Balaban J connectivity index is 1.90. The first-order valence-electron chi connectivity index (χ1n) is 7.81. The number of sulfonamides is 1. The summed E-state index contributed by atoms with van der Waals surface area (Å²) in [5.74, 6) is 0.524.